The third kappa shape index (κ3) is 5.93. The maximum absolute atomic E-state index is 12.0. The number of amides is 2. The summed E-state index contributed by atoms with van der Waals surface area (Å²) in [5.74, 6) is -1.49. The van der Waals surface area contributed by atoms with Crippen LogP contribution < -0.4 is 10.6 Å². The fourth-order valence-electron chi connectivity index (χ4n) is 2.17. The number of rotatable bonds is 7. The molecule has 0 fully saturated rings. The second kappa shape index (κ2) is 9.62. The molecule has 0 aliphatic heterocycles. The Morgan fingerprint density at radius 2 is 1.85 bits per heavy atom. The summed E-state index contributed by atoms with van der Waals surface area (Å²) in [4.78, 5) is 36.6. The summed E-state index contributed by atoms with van der Waals surface area (Å²) in [6.45, 7) is 1.09. The van der Waals surface area contributed by atoms with E-state index in [1.54, 1.807) is 30.0 Å². The SMILES string of the molecule is CSc1cccc(NC(=O)COC(=O)CNC(=O)c2ccccc2C)c1. The van der Waals surface area contributed by atoms with Crippen LogP contribution in [0.1, 0.15) is 15.9 Å². The van der Waals surface area contributed by atoms with Gasteiger partial charge in [-0.2, -0.15) is 0 Å². The normalized spacial score (nSPS) is 10.1. The number of aryl methyl sites for hydroxylation is 1. The standard InChI is InChI=1S/C19H20N2O4S/c1-13-6-3-4-9-16(13)19(24)20-11-18(23)25-12-17(22)21-14-7-5-8-15(10-14)26-2/h3-10H,11-12H2,1-2H3,(H,20,24)(H,21,22). The molecule has 0 bridgehead atoms. The molecular formula is C19H20N2O4S. The van der Waals surface area contributed by atoms with Gasteiger partial charge in [-0.3, -0.25) is 14.4 Å². The molecule has 2 rings (SSSR count). The van der Waals surface area contributed by atoms with Gasteiger partial charge in [-0.25, -0.2) is 0 Å². The first-order valence-electron chi connectivity index (χ1n) is 7.93. The fraction of sp³-hybridized carbons (Fsp3) is 0.211. The summed E-state index contributed by atoms with van der Waals surface area (Å²) >= 11 is 1.56. The summed E-state index contributed by atoms with van der Waals surface area (Å²) in [6.07, 6.45) is 1.94. The van der Waals surface area contributed by atoms with Crippen molar-refractivity contribution in [1.29, 1.82) is 0 Å². The Kier molecular flexibility index (Phi) is 7.23. The van der Waals surface area contributed by atoms with Crippen LogP contribution in [0.15, 0.2) is 53.4 Å². The minimum absolute atomic E-state index is 0.303. The molecule has 0 aliphatic rings. The molecular weight excluding hydrogens is 352 g/mol. The van der Waals surface area contributed by atoms with Gasteiger partial charge in [-0.15, -0.1) is 11.8 Å². The molecule has 136 valence electrons. The molecule has 0 spiro atoms. The van der Waals surface area contributed by atoms with Gasteiger partial charge in [0.1, 0.15) is 6.54 Å². The van der Waals surface area contributed by atoms with E-state index in [0.29, 0.717) is 11.3 Å². The van der Waals surface area contributed by atoms with Crippen molar-refractivity contribution < 1.29 is 19.1 Å². The number of benzene rings is 2. The van der Waals surface area contributed by atoms with Gasteiger partial charge in [0.2, 0.25) is 0 Å². The van der Waals surface area contributed by atoms with E-state index < -0.39 is 18.5 Å². The van der Waals surface area contributed by atoms with E-state index in [9.17, 15) is 14.4 Å². The molecule has 0 aromatic heterocycles. The first kappa shape index (κ1) is 19.5. The second-order valence-corrected chi connectivity index (χ2v) is 6.32. The molecule has 2 aromatic rings. The van der Waals surface area contributed by atoms with Crippen LogP contribution in [0.25, 0.3) is 0 Å². The summed E-state index contributed by atoms with van der Waals surface area (Å²) in [5.41, 5.74) is 1.93. The summed E-state index contributed by atoms with van der Waals surface area (Å²) in [5, 5.41) is 5.13. The minimum Gasteiger partial charge on any atom is -0.454 e. The van der Waals surface area contributed by atoms with Gasteiger partial charge >= 0.3 is 5.97 Å². The van der Waals surface area contributed by atoms with Gasteiger partial charge in [0.05, 0.1) is 0 Å². The van der Waals surface area contributed by atoms with E-state index in [1.165, 1.54) is 0 Å². The van der Waals surface area contributed by atoms with Gasteiger partial charge in [0, 0.05) is 16.1 Å². The number of ether oxygens (including phenoxy) is 1. The Hall–Kier alpha value is -2.80. The van der Waals surface area contributed by atoms with Crippen LogP contribution in [0, 0.1) is 6.92 Å². The molecule has 0 saturated carbocycles. The smallest absolute Gasteiger partial charge is 0.325 e. The van der Waals surface area contributed by atoms with Gasteiger partial charge in [-0.1, -0.05) is 24.3 Å². The van der Waals surface area contributed by atoms with Crippen molar-refractivity contribution in [2.75, 3.05) is 24.7 Å². The first-order chi connectivity index (χ1) is 12.5. The molecule has 0 radical (unpaired) electrons. The number of esters is 1. The predicted octanol–water partition coefficient (Wildman–Crippen LogP) is 2.63. The predicted molar refractivity (Wildman–Crippen MR) is 101 cm³/mol. The van der Waals surface area contributed by atoms with Gasteiger partial charge in [0.15, 0.2) is 6.61 Å². The number of anilines is 1. The highest BCUT2D eigenvalue weighted by molar-refractivity contribution is 7.98. The molecule has 0 atom stereocenters. The van der Waals surface area contributed by atoms with Crippen LogP contribution in [-0.4, -0.2) is 37.2 Å². The van der Waals surface area contributed by atoms with E-state index in [1.807, 2.05) is 43.5 Å². The topological polar surface area (TPSA) is 84.5 Å². The highest BCUT2D eigenvalue weighted by atomic mass is 32.2. The van der Waals surface area contributed by atoms with E-state index in [4.69, 9.17) is 4.74 Å². The van der Waals surface area contributed by atoms with E-state index in [0.717, 1.165) is 10.5 Å². The highest BCUT2D eigenvalue weighted by Crippen LogP contribution is 2.18. The Bertz CT molecular complexity index is 808. The largest absolute Gasteiger partial charge is 0.454 e. The van der Waals surface area contributed by atoms with E-state index in [-0.39, 0.29) is 12.5 Å². The third-order valence-corrected chi connectivity index (χ3v) is 4.23. The first-order valence-corrected chi connectivity index (χ1v) is 9.15. The maximum Gasteiger partial charge on any atom is 0.325 e. The van der Waals surface area contributed by atoms with Crippen molar-refractivity contribution in [1.82, 2.24) is 5.32 Å². The molecule has 6 nitrogen and oxygen atoms in total. The number of carbonyl (C=O) groups is 3. The molecule has 0 saturated heterocycles. The van der Waals surface area contributed by atoms with Crippen molar-refractivity contribution in [2.24, 2.45) is 0 Å². The van der Waals surface area contributed by atoms with E-state index >= 15 is 0 Å². The zero-order valence-corrected chi connectivity index (χ0v) is 15.4. The molecule has 2 amide bonds. The second-order valence-electron chi connectivity index (χ2n) is 5.44. The number of thioether (sulfide) groups is 1. The van der Waals surface area contributed by atoms with Crippen molar-refractivity contribution in [2.45, 2.75) is 11.8 Å². The Morgan fingerprint density at radius 3 is 2.58 bits per heavy atom. The minimum atomic E-state index is -0.681. The number of carbonyl (C=O) groups excluding carboxylic acids is 3. The van der Waals surface area contributed by atoms with Gasteiger partial charge < -0.3 is 15.4 Å². The molecule has 0 heterocycles. The average Bonchev–Trinajstić information content (AvgIpc) is 2.65. The van der Waals surface area contributed by atoms with Gasteiger partial charge in [-0.05, 0) is 43.0 Å². The lowest BCUT2D eigenvalue weighted by Gasteiger charge is -2.09. The van der Waals surface area contributed by atoms with Gasteiger partial charge in [0.25, 0.3) is 11.8 Å². The summed E-state index contributed by atoms with van der Waals surface area (Å²) in [7, 11) is 0. The molecule has 0 aliphatic carbocycles. The molecule has 7 heteroatoms. The molecule has 2 N–H and O–H groups in total. The van der Waals surface area contributed by atoms with Crippen molar-refractivity contribution in [3.63, 3.8) is 0 Å². The van der Waals surface area contributed by atoms with Crippen LogP contribution >= 0.6 is 11.8 Å². The Balaban J connectivity index is 1.75. The summed E-state index contributed by atoms with van der Waals surface area (Å²) < 4.78 is 4.88. The highest BCUT2D eigenvalue weighted by Gasteiger charge is 2.12. The monoisotopic (exact) mass is 372 g/mol. The lowest BCUT2D eigenvalue weighted by molar-refractivity contribution is -0.146. The number of nitrogens with one attached hydrogen (secondary N) is 2. The van der Waals surface area contributed by atoms with Crippen LogP contribution in [-0.2, 0) is 14.3 Å². The molecule has 2 aromatic carbocycles. The number of hydrogen-bond acceptors (Lipinski definition) is 5. The quantitative estimate of drug-likeness (QED) is 0.577. The van der Waals surface area contributed by atoms with Crippen LogP contribution in [0.5, 0.6) is 0 Å². The third-order valence-electron chi connectivity index (χ3n) is 3.50. The lowest BCUT2D eigenvalue weighted by atomic mass is 10.1. The van der Waals surface area contributed by atoms with Crippen molar-refractivity contribution in [3.05, 3.63) is 59.7 Å². The zero-order valence-electron chi connectivity index (χ0n) is 14.6. The average molecular weight is 372 g/mol. The van der Waals surface area contributed by atoms with Crippen LogP contribution in [0.4, 0.5) is 5.69 Å². The molecule has 26 heavy (non-hydrogen) atoms. The van der Waals surface area contributed by atoms with Crippen LogP contribution in [0.3, 0.4) is 0 Å². The number of hydrogen-bond donors (Lipinski definition) is 2. The molecule has 0 unspecified atom stereocenters. The maximum atomic E-state index is 12.0. The Labute approximate surface area is 156 Å². The van der Waals surface area contributed by atoms with Crippen molar-refractivity contribution in [3.8, 4) is 0 Å². The lowest BCUT2D eigenvalue weighted by Crippen LogP contribution is -2.32. The Morgan fingerprint density at radius 1 is 1.08 bits per heavy atom. The summed E-state index contributed by atoms with van der Waals surface area (Å²) in [6, 6.07) is 14.4. The van der Waals surface area contributed by atoms with Crippen LogP contribution in [0.2, 0.25) is 0 Å². The zero-order chi connectivity index (χ0) is 18.9. The van der Waals surface area contributed by atoms with Crippen molar-refractivity contribution >= 4 is 35.2 Å². The fourth-order valence-corrected chi connectivity index (χ4v) is 2.63. The van der Waals surface area contributed by atoms with E-state index in [2.05, 4.69) is 10.6 Å².